The number of fused-ring (bicyclic) bond motifs is 2. The molecule has 7 heteroatoms. The Labute approximate surface area is 119 Å². The van der Waals surface area contributed by atoms with Gasteiger partial charge in [0.1, 0.15) is 0 Å². The van der Waals surface area contributed by atoms with Gasteiger partial charge in [0.05, 0.1) is 16.6 Å². The number of rotatable bonds is 0. The van der Waals surface area contributed by atoms with Crippen LogP contribution in [0.15, 0.2) is 48.5 Å². The largest absolute Gasteiger partial charge is 0.482 e. The Morgan fingerprint density at radius 1 is 0.857 bits per heavy atom. The fourth-order valence-corrected chi connectivity index (χ4v) is 1.96. The number of halogens is 3. The Balaban J connectivity index is 0.000000497. The number of hydrogen-bond donors (Lipinski definition) is 2. The summed E-state index contributed by atoms with van der Waals surface area (Å²) in [5.74, 6) is 0. The van der Waals surface area contributed by atoms with Crippen molar-refractivity contribution < 1.29 is 23.2 Å². The highest BCUT2D eigenvalue weighted by molar-refractivity contribution is 6.13. The summed E-state index contributed by atoms with van der Waals surface area (Å²) in [5, 5.41) is 15.3. The maximum atomic E-state index is 12.6. The zero-order valence-corrected chi connectivity index (χ0v) is 10.7. The molecule has 0 aliphatic carbocycles. The first kappa shape index (κ1) is 15.3. The number of hydrogen-bond acceptors (Lipinski definition) is 3. The number of aromatic nitrogens is 1. The first-order valence-corrected chi connectivity index (χ1v) is 5.92. The maximum Gasteiger partial charge on any atom is 0.482 e. The molecule has 1 heterocycles. The monoisotopic (exact) mass is 292 g/mol. The van der Waals surface area contributed by atoms with Gasteiger partial charge in [0.2, 0.25) is 0 Å². The van der Waals surface area contributed by atoms with Gasteiger partial charge in [0.25, 0.3) is 0 Å². The van der Waals surface area contributed by atoms with E-state index in [0.29, 0.717) is 10.9 Å². The van der Waals surface area contributed by atoms with Gasteiger partial charge >= 0.3 is 13.9 Å². The lowest BCUT2D eigenvalue weighted by Gasteiger charge is -2.08. The molecule has 0 fully saturated rings. The van der Waals surface area contributed by atoms with Gasteiger partial charge in [0, 0.05) is 10.8 Å². The molecule has 0 saturated carbocycles. The molecule has 0 aliphatic heterocycles. The van der Waals surface area contributed by atoms with Crippen molar-refractivity contribution in [3.05, 3.63) is 54.1 Å². The predicted octanol–water partition coefficient (Wildman–Crippen LogP) is 2.91. The van der Waals surface area contributed by atoms with Crippen LogP contribution in [0, 0.1) is 0 Å². The zero-order chi connectivity index (χ0) is 15.5. The smallest absolute Gasteiger partial charge is 0.429 e. The maximum absolute atomic E-state index is 12.6. The van der Waals surface area contributed by atoms with Gasteiger partial charge < -0.3 is 10.0 Å². The Bertz CT molecular complexity index is 762. The second-order valence-electron chi connectivity index (χ2n) is 4.20. The van der Waals surface area contributed by atoms with Gasteiger partial charge in [-0.3, -0.25) is 0 Å². The van der Waals surface area contributed by atoms with E-state index in [-0.39, 0.29) is 7.69 Å². The van der Waals surface area contributed by atoms with E-state index in [9.17, 15) is 13.2 Å². The normalized spacial score (nSPS) is 11.1. The van der Waals surface area contributed by atoms with Crippen molar-refractivity contribution in [2.24, 2.45) is 0 Å². The summed E-state index contributed by atoms with van der Waals surface area (Å²) in [4.78, 5) is 4.33. The lowest BCUT2D eigenvalue weighted by Crippen LogP contribution is -2.04. The highest BCUT2D eigenvalue weighted by Crippen LogP contribution is 2.31. The van der Waals surface area contributed by atoms with Crippen LogP contribution in [-0.2, 0) is 6.18 Å². The number of nitrogens with zero attached hydrogens (tertiary/aromatic N) is 1. The zero-order valence-electron chi connectivity index (χ0n) is 10.7. The molecule has 0 aliphatic rings. The molecular weight excluding hydrogens is 282 g/mol. The Morgan fingerprint density at radius 2 is 1.48 bits per heavy atom. The third-order valence-electron chi connectivity index (χ3n) is 2.84. The molecule has 107 valence electrons. The molecule has 0 amide bonds. The molecule has 3 nitrogen and oxygen atoms in total. The highest BCUT2D eigenvalue weighted by atomic mass is 19.4. The molecule has 21 heavy (non-hydrogen) atoms. The van der Waals surface area contributed by atoms with Gasteiger partial charge in [0.15, 0.2) is 0 Å². The van der Waals surface area contributed by atoms with Crippen LogP contribution in [0.25, 0.3) is 21.8 Å². The van der Waals surface area contributed by atoms with Gasteiger partial charge in [-0.05, 0) is 30.3 Å². The minimum atomic E-state index is -4.32. The first-order chi connectivity index (χ1) is 9.95. The summed E-state index contributed by atoms with van der Waals surface area (Å²) in [6.45, 7) is 0. The standard InChI is InChI=1S/C14H8F3N.BH2O2/c15-14(16,17)11-5-6-13-10(8-11)7-9-3-1-2-4-12(9)18-13;2-1-3/h1-8H;2-3H. The summed E-state index contributed by atoms with van der Waals surface area (Å²) in [6.07, 6.45) is -4.32. The summed E-state index contributed by atoms with van der Waals surface area (Å²) >= 11 is 0. The van der Waals surface area contributed by atoms with Crippen LogP contribution >= 0.6 is 0 Å². The van der Waals surface area contributed by atoms with Crippen molar-refractivity contribution in [2.75, 3.05) is 0 Å². The minimum absolute atomic E-state index is 0. The van der Waals surface area contributed by atoms with Crippen LogP contribution in [0.2, 0.25) is 0 Å². The average Bonchev–Trinajstić information content (AvgIpc) is 2.44. The fraction of sp³-hybridized carbons (Fsp3) is 0.0714. The molecule has 2 aromatic carbocycles. The molecule has 0 saturated heterocycles. The van der Waals surface area contributed by atoms with Crippen LogP contribution in [0.3, 0.4) is 0 Å². The number of pyridine rings is 1. The molecule has 2 N–H and O–H groups in total. The topological polar surface area (TPSA) is 53.4 Å². The van der Waals surface area contributed by atoms with Crippen LogP contribution in [0.1, 0.15) is 5.56 Å². The summed E-state index contributed by atoms with van der Waals surface area (Å²) in [5.41, 5.74) is 0.707. The third kappa shape index (κ3) is 3.50. The number of para-hydroxylation sites is 1. The van der Waals surface area contributed by atoms with E-state index in [0.717, 1.165) is 23.0 Å². The third-order valence-corrected chi connectivity index (χ3v) is 2.84. The van der Waals surface area contributed by atoms with E-state index in [1.165, 1.54) is 6.07 Å². The van der Waals surface area contributed by atoms with Gasteiger partial charge in [-0.2, -0.15) is 13.2 Å². The van der Waals surface area contributed by atoms with Crippen molar-refractivity contribution in [3.63, 3.8) is 0 Å². The van der Waals surface area contributed by atoms with Gasteiger partial charge in [-0.15, -0.1) is 0 Å². The Morgan fingerprint density at radius 3 is 2.14 bits per heavy atom. The number of alkyl halides is 3. The Kier molecular flexibility index (Phi) is 4.45. The van der Waals surface area contributed by atoms with Crippen molar-refractivity contribution in [1.82, 2.24) is 4.98 Å². The van der Waals surface area contributed by atoms with Crippen molar-refractivity contribution in [3.8, 4) is 0 Å². The van der Waals surface area contributed by atoms with E-state index in [4.69, 9.17) is 10.0 Å². The molecule has 0 bridgehead atoms. The molecule has 1 radical (unpaired) electrons. The lowest BCUT2D eigenvalue weighted by atomic mass is 10.1. The molecule has 3 aromatic rings. The van der Waals surface area contributed by atoms with Crippen LogP contribution in [-0.4, -0.2) is 22.7 Å². The van der Waals surface area contributed by atoms with E-state index >= 15 is 0 Å². The van der Waals surface area contributed by atoms with Crippen molar-refractivity contribution in [1.29, 1.82) is 0 Å². The molecule has 0 atom stereocenters. The lowest BCUT2D eigenvalue weighted by molar-refractivity contribution is -0.137. The van der Waals surface area contributed by atoms with Crippen LogP contribution in [0.4, 0.5) is 13.2 Å². The average molecular weight is 292 g/mol. The summed E-state index contributed by atoms with van der Waals surface area (Å²) < 4.78 is 37.8. The van der Waals surface area contributed by atoms with Gasteiger partial charge in [-0.25, -0.2) is 4.98 Å². The fourth-order valence-electron chi connectivity index (χ4n) is 1.96. The molecule has 1 aromatic heterocycles. The number of benzene rings is 2. The van der Waals surface area contributed by atoms with Crippen molar-refractivity contribution >= 4 is 29.5 Å². The SMILES string of the molecule is FC(F)(F)c1ccc2nc3ccccc3cc2c1.O[B]O. The van der Waals surface area contributed by atoms with E-state index in [1.54, 1.807) is 6.07 Å². The van der Waals surface area contributed by atoms with E-state index in [1.807, 2.05) is 24.3 Å². The van der Waals surface area contributed by atoms with Crippen LogP contribution in [0.5, 0.6) is 0 Å². The van der Waals surface area contributed by atoms with E-state index < -0.39 is 11.7 Å². The molecule has 3 rings (SSSR count). The first-order valence-electron chi connectivity index (χ1n) is 5.92. The summed E-state index contributed by atoms with van der Waals surface area (Å²) in [7, 11) is 0. The van der Waals surface area contributed by atoms with E-state index in [2.05, 4.69) is 4.98 Å². The predicted molar refractivity (Wildman–Crippen MR) is 74.4 cm³/mol. The molecule has 0 spiro atoms. The second kappa shape index (κ2) is 6.11. The van der Waals surface area contributed by atoms with Gasteiger partial charge in [-0.1, -0.05) is 18.2 Å². The van der Waals surface area contributed by atoms with Crippen molar-refractivity contribution in [2.45, 2.75) is 6.18 Å². The highest BCUT2D eigenvalue weighted by Gasteiger charge is 2.30. The van der Waals surface area contributed by atoms with Crippen LogP contribution < -0.4 is 0 Å². The minimum Gasteiger partial charge on any atom is -0.429 e. The molecule has 0 unspecified atom stereocenters. The second-order valence-corrected chi connectivity index (χ2v) is 4.20. The molecular formula is C14H10BF3NO2. The summed E-state index contributed by atoms with van der Waals surface area (Å²) in [6, 6.07) is 12.7. The quantitative estimate of drug-likeness (QED) is 0.495. The Hall–Kier alpha value is -2.12.